The number of hydrogen-bond donors (Lipinski definition) is 2. The molecule has 0 aliphatic rings. The molecule has 2 aromatic carbocycles. The van der Waals surface area contributed by atoms with Gasteiger partial charge in [-0.2, -0.15) is 0 Å². The first-order chi connectivity index (χ1) is 15.2. The van der Waals surface area contributed by atoms with Crippen molar-refractivity contribution in [3.8, 4) is 11.5 Å². The summed E-state index contributed by atoms with van der Waals surface area (Å²) in [6, 6.07) is 12.1. The number of nitrogens with zero attached hydrogens (tertiary/aromatic N) is 1. The minimum absolute atomic E-state index is 0.114. The second kappa shape index (κ2) is 11.5. The van der Waals surface area contributed by atoms with Gasteiger partial charge in [0.05, 0.1) is 7.11 Å². The molecule has 0 atom stereocenters. The van der Waals surface area contributed by atoms with E-state index in [4.69, 9.17) is 9.47 Å². The van der Waals surface area contributed by atoms with Crippen LogP contribution in [0.3, 0.4) is 0 Å². The number of carbonyl (C=O) groups excluding carboxylic acids is 2. The lowest BCUT2D eigenvalue weighted by Crippen LogP contribution is -2.28. The summed E-state index contributed by atoms with van der Waals surface area (Å²) in [6.07, 6.45) is 0. The fourth-order valence-electron chi connectivity index (χ4n) is 2.95. The molecular formula is C25H35N3O4. The quantitative estimate of drug-likeness (QED) is 0.561. The van der Waals surface area contributed by atoms with Crippen LogP contribution in [0.1, 0.15) is 45.0 Å². The predicted molar refractivity (Wildman–Crippen MR) is 129 cm³/mol. The van der Waals surface area contributed by atoms with Crippen LogP contribution in [-0.2, 0) is 4.79 Å². The van der Waals surface area contributed by atoms with E-state index >= 15 is 0 Å². The molecule has 0 aromatic heterocycles. The molecule has 2 N–H and O–H groups in total. The second-order valence-electron chi connectivity index (χ2n) is 8.48. The van der Waals surface area contributed by atoms with Gasteiger partial charge in [-0.05, 0) is 43.4 Å². The van der Waals surface area contributed by atoms with E-state index in [2.05, 4.69) is 29.4 Å². The van der Waals surface area contributed by atoms with Crippen LogP contribution in [0.25, 0.3) is 0 Å². The Labute approximate surface area is 191 Å². The molecule has 0 radical (unpaired) electrons. The molecule has 0 bridgehead atoms. The smallest absolute Gasteiger partial charge is 0.255 e. The van der Waals surface area contributed by atoms with Crippen molar-refractivity contribution >= 4 is 23.2 Å². The summed E-state index contributed by atoms with van der Waals surface area (Å²) in [5.41, 5.74) is 1.09. The lowest BCUT2D eigenvalue weighted by molar-refractivity contribution is -0.123. The Bertz CT molecular complexity index is 918. The van der Waals surface area contributed by atoms with Crippen molar-refractivity contribution in [1.29, 1.82) is 0 Å². The van der Waals surface area contributed by atoms with Crippen LogP contribution in [0.5, 0.6) is 11.5 Å². The van der Waals surface area contributed by atoms with Crippen LogP contribution in [0.4, 0.5) is 11.4 Å². The number of amides is 2. The molecule has 32 heavy (non-hydrogen) atoms. The first-order valence-electron chi connectivity index (χ1n) is 10.9. The summed E-state index contributed by atoms with van der Waals surface area (Å²) >= 11 is 0. The third-order valence-electron chi connectivity index (χ3n) is 5.04. The van der Waals surface area contributed by atoms with Gasteiger partial charge in [-0.15, -0.1) is 0 Å². The Morgan fingerprint density at radius 3 is 2.25 bits per heavy atom. The summed E-state index contributed by atoms with van der Waals surface area (Å²) in [5.74, 6) is 0.783. The topological polar surface area (TPSA) is 79.9 Å². The standard InChI is InChI=1S/C25H35N3O4/c1-7-28(8-2)14-15-32-22-17-20(12-13-21(22)31-6)26-23(29)18-10-9-11-19(16-18)27-24(30)25(3,4)5/h9-13,16-17H,7-8,14-15H2,1-6H3,(H,26,29)(H,27,30). The molecule has 7 heteroatoms. The molecule has 0 heterocycles. The van der Waals surface area contributed by atoms with Crippen LogP contribution >= 0.6 is 0 Å². The maximum absolute atomic E-state index is 12.8. The average Bonchev–Trinajstić information content (AvgIpc) is 2.76. The Morgan fingerprint density at radius 1 is 0.938 bits per heavy atom. The second-order valence-corrected chi connectivity index (χ2v) is 8.48. The number of methoxy groups -OCH3 is 1. The summed E-state index contributed by atoms with van der Waals surface area (Å²) in [7, 11) is 1.59. The average molecular weight is 442 g/mol. The molecule has 7 nitrogen and oxygen atoms in total. The SMILES string of the molecule is CCN(CC)CCOc1cc(NC(=O)c2cccc(NC(=O)C(C)(C)C)c2)ccc1OC. The van der Waals surface area contributed by atoms with E-state index in [0.717, 1.165) is 19.6 Å². The van der Waals surface area contributed by atoms with Crippen LogP contribution in [0, 0.1) is 5.41 Å². The van der Waals surface area contributed by atoms with E-state index in [0.29, 0.717) is 35.0 Å². The fraction of sp³-hybridized carbons (Fsp3) is 0.440. The molecule has 2 amide bonds. The van der Waals surface area contributed by atoms with Crippen molar-refractivity contribution in [2.45, 2.75) is 34.6 Å². The summed E-state index contributed by atoms with van der Waals surface area (Å²) in [4.78, 5) is 27.3. The highest BCUT2D eigenvalue weighted by molar-refractivity contribution is 6.05. The van der Waals surface area contributed by atoms with E-state index in [1.165, 1.54) is 0 Å². The first-order valence-corrected chi connectivity index (χ1v) is 10.9. The predicted octanol–water partition coefficient (Wildman–Crippen LogP) is 4.65. The molecule has 0 unspecified atom stereocenters. The number of anilines is 2. The molecule has 2 aromatic rings. The Hall–Kier alpha value is -3.06. The molecule has 0 fully saturated rings. The van der Waals surface area contributed by atoms with Crippen molar-refractivity contribution in [2.24, 2.45) is 5.41 Å². The first kappa shape index (κ1) is 25.2. The summed E-state index contributed by atoms with van der Waals surface area (Å²) in [6.45, 7) is 13.0. The lowest BCUT2D eigenvalue weighted by Gasteiger charge is -2.19. The molecule has 0 aliphatic carbocycles. The van der Waals surface area contributed by atoms with Gasteiger partial charge in [0, 0.05) is 35.0 Å². The molecule has 0 spiro atoms. The van der Waals surface area contributed by atoms with Crippen molar-refractivity contribution in [2.75, 3.05) is 44.0 Å². The van der Waals surface area contributed by atoms with Crippen molar-refractivity contribution < 1.29 is 19.1 Å². The minimum atomic E-state index is -0.525. The number of rotatable bonds is 10. The van der Waals surface area contributed by atoms with Crippen LogP contribution in [0.15, 0.2) is 42.5 Å². The van der Waals surface area contributed by atoms with Gasteiger partial charge in [0.15, 0.2) is 11.5 Å². The van der Waals surface area contributed by atoms with Crippen LogP contribution in [-0.4, -0.2) is 50.1 Å². The van der Waals surface area contributed by atoms with Gasteiger partial charge in [-0.25, -0.2) is 0 Å². The molecule has 0 aliphatic heterocycles. The number of likely N-dealkylation sites (N-methyl/N-ethyl adjacent to an activating group) is 1. The zero-order chi connectivity index (χ0) is 23.7. The number of benzene rings is 2. The van der Waals surface area contributed by atoms with E-state index in [9.17, 15) is 9.59 Å². The van der Waals surface area contributed by atoms with Gasteiger partial charge in [-0.3, -0.25) is 9.59 Å². The number of ether oxygens (including phenoxy) is 2. The number of nitrogens with one attached hydrogen (secondary N) is 2. The molecular weight excluding hydrogens is 406 g/mol. The Kier molecular flexibility index (Phi) is 9.08. The van der Waals surface area contributed by atoms with Crippen molar-refractivity contribution in [1.82, 2.24) is 4.90 Å². The van der Waals surface area contributed by atoms with E-state index in [-0.39, 0.29) is 11.8 Å². The highest BCUT2D eigenvalue weighted by Crippen LogP contribution is 2.30. The van der Waals surface area contributed by atoms with Crippen molar-refractivity contribution in [3.05, 3.63) is 48.0 Å². The molecule has 2 rings (SSSR count). The lowest BCUT2D eigenvalue weighted by atomic mass is 9.95. The highest BCUT2D eigenvalue weighted by atomic mass is 16.5. The van der Waals surface area contributed by atoms with Gasteiger partial charge < -0.3 is 25.0 Å². The third-order valence-corrected chi connectivity index (χ3v) is 5.04. The van der Waals surface area contributed by atoms with Gasteiger partial charge in [-0.1, -0.05) is 40.7 Å². The zero-order valence-corrected chi connectivity index (χ0v) is 20.0. The van der Waals surface area contributed by atoms with Gasteiger partial charge in [0.25, 0.3) is 5.91 Å². The van der Waals surface area contributed by atoms with Crippen molar-refractivity contribution in [3.63, 3.8) is 0 Å². The summed E-state index contributed by atoms with van der Waals surface area (Å²) in [5, 5.41) is 5.73. The van der Waals surface area contributed by atoms with Gasteiger partial charge in [0.2, 0.25) is 5.91 Å². The Balaban J connectivity index is 2.09. The monoisotopic (exact) mass is 441 g/mol. The minimum Gasteiger partial charge on any atom is -0.493 e. The van der Waals surface area contributed by atoms with Gasteiger partial charge in [0.1, 0.15) is 6.61 Å². The molecule has 174 valence electrons. The largest absolute Gasteiger partial charge is 0.493 e. The highest BCUT2D eigenvalue weighted by Gasteiger charge is 2.21. The van der Waals surface area contributed by atoms with E-state index in [1.54, 1.807) is 49.6 Å². The van der Waals surface area contributed by atoms with E-state index in [1.807, 2.05) is 20.8 Å². The van der Waals surface area contributed by atoms with E-state index < -0.39 is 5.41 Å². The third kappa shape index (κ3) is 7.27. The van der Waals surface area contributed by atoms with Crippen LogP contribution < -0.4 is 20.1 Å². The number of hydrogen-bond acceptors (Lipinski definition) is 5. The van der Waals surface area contributed by atoms with Gasteiger partial charge >= 0.3 is 0 Å². The zero-order valence-electron chi connectivity index (χ0n) is 20.0. The molecule has 0 saturated carbocycles. The normalized spacial score (nSPS) is 11.2. The number of carbonyl (C=O) groups is 2. The summed E-state index contributed by atoms with van der Waals surface area (Å²) < 4.78 is 11.3. The fourth-order valence-corrected chi connectivity index (χ4v) is 2.95. The van der Waals surface area contributed by atoms with Crippen LogP contribution in [0.2, 0.25) is 0 Å². The maximum Gasteiger partial charge on any atom is 0.255 e. The Morgan fingerprint density at radius 2 is 1.62 bits per heavy atom. The molecule has 0 saturated heterocycles. The maximum atomic E-state index is 12.8.